The number of carbonyl (C=O) groups is 2. The summed E-state index contributed by atoms with van der Waals surface area (Å²) in [5.74, 6) is 0.134. The first-order chi connectivity index (χ1) is 13.2. The Morgan fingerprint density at radius 3 is 2.19 bits per heavy atom. The number of rotatable bonds is 13. The molecular formula is C22H31NO4. The van der Waals surface area contributed by atoms with Crippen LogP contribution in [0.4, 0.5) is 4.79 Å². The minimum absolute atomic E-state index is 0.134. The highest BCUT2D eigenvalue weighted by atomic mass is 16.5. The van der Waals surface area contributed by atoms with E-state index in [0.29, 0.717) is 29.4 Å². The predicted molar refractivity (Wildman–Crippen MR) is 108 cm³/mol. The summed E-state index contributed by atoms with van der Waals surface area (Å²) in [6.45, 7) is 2.65. The molecule has 1 heterocycles. The van der Waals surface area contributed by atoms with Gasteiger partial charge in [0.05, 0.1) is 17.7 Å². The van der Waals surface area contributed by atoms with Gasteiger partial charge in [-0.3, -0.25) is 4.79 Å². The first-order valence-corrected chi connectivity index (χ1v) is 10.2. The van der Waals surface area contributed by atoms with Crippen LogP contribution < -0.4 is 4.74 Å². The van der Waals surface area contributed by atoms with Gasteiger partial charge in [0.15, 0.2) is 6.29 Å². The van der Waals surface area contributed by atoms with Gasteiger partial charge in [-0.2, -0.15) is 0 Å². The van der Waals surface area contributed by atoms with Gasteiger partial charge in [0.1, 0.15) is 0 Å². The molecule has 0 unspecified atom stereocenters. The number of hydrogen-bond donors (Lipinski definition) is 1. The molecule has 2 aromatic rings. The molecule has 2 rings (SSSR count). The normalized spacial score (nSPS) is 11.0. The molecule has 0 atom stereocenters. The maximum atomic E-state index is 11.6. The molecule has 0 aliphatic heterocycles. The van der Waals surface area contributed by atoms with E-state index in [1.807, 2.05) is 0 Å². The van der Waals surface area contributed by atoms with E-state index < -0.39 is 6.09 Å². The van der Waals surface area contributed by atoms with E-state index in [1.54, 1.807) is 24.3 Å². The van der Waals surface area contributed by atoms with Gasteiger partial charge in [0.25, 0.3) is 0 Å². The molecule has 0 fully saturated rings. The lowest BCUT2D eigenvalue weighted by Gasteiger charge is -2.09. The number of benzene rings is 1. The SMILES string of the molecule is CCCCCCCCCCCCOc1c(C=O)c2ccccc2n1C(=O)O. The second kappa shape index (κ2) is 11.4. The lowest BCUT2D eigenvalue weighted by atomic mass is 10.1. The quantitative estimate of drug-likeness (QED) is 0.331. The van der Waals surface area contributed by atoms with Gasteiger partial charge in [0.2, 0.25) is 5.88 Å². The van der Waals surface area contributed by atoms with E-state index in [4.69, 9.17) is 4.74 Å². The van der Waals surface area contributed by atoms with Gasteiger partial charge in [-0.1, -0.05) is 82.9 Å². The molecule has 148 valence electrons. The van der Waals surface area contributed by atoms with Gasteiger partial charge in [0, 0.05) is 5.39 Å². The summed E-state index contributed by atoms with van der Waals surface area (Å²) in [5, 5.41) is 10.1. The number of hydrogen-bond acceptors (Lipinski definition) is 3. The monoisotopic (exact) mass is 373 g/mol. The van der Waals surface area contributed by atoms with E-state index in [1.165, 1.54) is 51.4 Å². The van der Waals surface area contributed by atoms with Crippen LogP contribution in [0.5, 0.6) is 5.88 Å². The molecule has 1 aromatic heterocycles. The summed E-state index contributed by atoms with van der Waals surface area (Å²) >= 11 is 0. The Morgan fingerprint density at radius 2 is 1.59 bits per heavy atom. The molecule has 5 nitrogen and oxygen atoms in total. The number of ether oxygens (including phenoxy) is 1. The van der Waals surface area contributed by atoms with Crippen LogP contribution in [-0.2, 0) is 0 Å². The van der Waals surface area contributed by atoms with Crippen LogP contribution in [0.1, 0.15) is 81.5 Å². The third-order valence-corrected chi connectivity index (χ3v) is 4.91. The zero-order valence-electron chi connectivity index (χ0n) is 16.3. The maximum absolute atomic E-state index is 11.6. The third kappa shape index (κ3) is 5.84. The lowest BCUT2D eigenvalue weighted by molar-refractivity contribution is 0.112. The highest BCUT2D eigenvalue weighted by Crippen LogP contribution is 2.31. The van der Waals surface area contributed by atoms with Crippen LogP contribution in [0.3, 0.4) is 0 Å². The van der Waals surface area contributed by atoms with Crippen molar-refractivity contribution in [3.63, 3.8) is 0 Å². The molecule has 5 heteroatoms. The second-order valence-electron chi connectivity index (χ2n) is 7.00. The van der Waals surface area contributed by atoms with Crippen molar-refractivity contribution in [3.8, 4) is 5.88 Å². The van der Waals surface area contributed by atoms with Crippen molar-refractivity contribution >= 4 is 23.3 Å². The summed E-state index contributed by atoms with van der Waals surface area (Å²) in [6, 6.07) is 6.96. The number of aromatic nitrogens is 1. The van der Waals surface area contributed by atoms with E-state index in [-0.39, 0.29) is 5.88 Å². The average molecular weight is 373 g/mol. The van der Waals surface area contributed by atoms with Gasteiger partial charge in [-0.05, 0) is 12.5 Å². The van der Waals surface area contributed by atoms with Crippen LogP contribution in [0.15, 0.2) is 24.3 Å². The first-order valence-electron chi connectivity index (χ1n) is 10.2. The molecule has 1 aromatic carbocycles. The van der Waals surface area contributed by atoms with Crippen molar-refractivity contribution < 1.29 is 19.4 Å². The summed E-state index contributed by atoms with van der Waals surface area (Å²) in [6.07, 6.45) is 11.8. The fourth-order valence-electron chi connectivity index (χ4n) is 3.45. The standard InChI is InChI=1S/C22H31NO4/c1-2-3-4-5-6-7-8-9-10-13-16-27-21-19(17-24)18-14-11-12-15-20(18)23(21)22(25)26/h11-12,14-15,17H,2-10,13,16H2,1H3,(H,25,26). The van der Waals surface area contributed by atoms with Crippen LogP contribution in [0, 0.1) is 0 Å². The number of aldehydes is 1. The molecular weight excluding hydrogens is 342 g/mol. The van der Waals surface area contributed by atoms with E-state index in [9.17, 15) is 14.7 Å². The highest BCUT2D eigenvalue weighted by Gasteiger charge is 2.21. The van der Waals surface area contributed by atoms with Crippen molar-refractivity contribution in [3.05, 3.63) is 29.8 Å². The predicted octanol–water partition coefficient (Wildman–Crippen LogP) is 6.28. The van der Waals surface area contributed by atoms with Gasteiger partial charge < -0.3 is 9.84 Å². The number of para-hydroxylation sites is 1. The zero-order chi connectivity index (χ0) is 19.5. The first kappa shape index (κ1) is 21.0. The molecule has 0 radical (unpaired) electrons. The maximum Gasteiger partial charge on any atom is 0.418 e. The highest BCUT2D eigenvalue weighted by molar-refractivity contribution is 6.04. The molecule has 0 spiro atoms. The minimum atomic E-state index is -1.14. The molecule has 0 aliphatic carbocycles. The number of nitrogens with zero attached hydrogens (tertiary/aromatic N) is 1. The van der Waals surface area contributed by atoms with Crippen LogP contribution in [0.2, 0.25) is 0 Å². The molecule has 0 saturated carbocycles. The van der Waals surface area contributed by atoms with E-state index in [2.05, 4.69) is 6.92 Å². The zero-order valence-corrected chi connectivity index (χ0v) is 16.3. The summed E-state index contributed by atoms with van der Waals surface area (Å²) in [5.41, 5.74) is 0.783. The summed E-state index contributed by atoms with van der Waals surface area (Å²) in [7, 11) is 0. The Kier molecular flexibility index (Phi) is 8.89. The fourth-order valence-corrected chi connectivity index (χ4v) is 3.45. The van der Waals surface area contributed by atoms with Crippen LogP contribution in [0.25, 0.3) is 10.9 Å². The minimum Gasteiger partial charge on any atom is -0.478 e. The van der Waals surface area contributed by atoms with Crippen LogP contribution in [-0.4, -0.2) is 28.7 Å². The Bertz CT molecular complexity index is 735. The molecule has 0 amide bonds. The molecule has 27 heavy (non-hydrogen) atoms. The molecule has 1 N–H and O–H groups in total. The summed E-state index contributed by atoms with van der Waals surface area (Å²) < 4.78 is 6.79. The molecule has 0 aliphatic rings. The van der Waals surface area contributed by atoms with Crippen LogP contribution >= 0.6 is 0 Å². The van der Waals surface area contributed by atoms with Crippen molar-refractivity contribution in [1.29, 1.82) is 0 Å². The smallest absolute Gasteiger partial charge is 0.418 e. The molecule has 0 bridgehead atoms. The largest absolute Gasteiger partial charge is 0.478 e. The number of carbonyl (C=O) groups excluding carboxylic acids is 1. The number of carboxylic acid groups (broad SMARTS) is 1. The van der Waals surface area contributed by atoms with Crippen molar-refractivity contribution in [2.24, 2.45) is 0 Å². The van der Waals surface area contributed by atoms with E-state index in [0.717, 1.165) is 17.4 Å². The van der Waals surface area contributed by atoms with Gasteiger partial charge in [-0.15, -0.1) is 0 Å². The van der Waals surface area contributed by atoms with Crippen molar-refractivity contribution in [2.75, 3.05) is 6.61 Å². The summed E-state index contributed by atoms with van der Waals surface area (Å²) in [4.78, 5) is 23.1. The average Bonchev–Trinajstić information content (AvgIpc) is 2.99. The topological polar surface area (TPSA) is 68.5 Å². The lowest BCUT2D eigenvalue weighted by Crippen LogP contribution is -2.12. The van der Waals surface area contributed by atoms with Crippen molar-refractivity contribution in [1.82, 2.24) is 4.57 Å². The Balaban J connectivity index is 1.79. The second-order valence-corrected chi connectivity index (χ2v) is 7.00. The number of fused-ring (bicyclic) bond motifs is 1. The van der Waals surface area contributed by atoms with E-state index >= 15 is 0 Å². The third-order valence-electron chi connectivity index (χ3n) is 4.91. The van der Waals surface area contributed by atoms with Gasteiger partial charge >= 0.3 is 6.09 Å². The fraction of sp³-hybridized carbons (Fsp3) is 0.545. The van der Waals surface area contributed by atoms with Crippen molar-refractivity contribution in [2.45, 2.75) is 71.1 Å². The Hall–Kier alpha value is -2.30. The van der Waals surface area contributed by atoms with Gasteiger partial charge in [-0.25, -0.2) is 9.36 Å². The number of unbranched alkanes of at least 4 members (excludes halogenated alkanes) is 9. The molecule has 0 saturated heterocycles. The Morgan fingerprint density at radius 1 is 1.00 bits per heavy atom. The Labute approximate surface area is 161 Å².